The van der Waals surface area contributed by atoms with Gasteiger partial charge >= 0.3 is 0 Å². The molecule has 0 radical (unpaired) electrons. The van der Waals surface area contributed by atoms with E-state index in [2.05, 4.69) is 33.0 Å². The molecular formula is C11H23NO2. The van der Waals surface area contributed by atoms with Gasteiger partial charge in [-0.15, -0.1) is 0 Å². The Hall–Kier alpha value is -0.120. The first kappa shape index (κ1) is 12.0. The third kappa shape index (κ3) is 4.40. The van der Waals surface area contributed by atoms with Gasteiger partial charge in [0.05, 0.1) is 19.8 Å². The van der Waals surface area contributed by atoms with Crippen LogP contribution in [0.15, 0.2) is 0 Å². The molecule has 0 aromatic rings. The summed E-state index contributed by atoms with van der Waals surface area (Å²) >= 11 is 0. The highest BCUT2D eigenvalue weighted by Crippen LogP contribution is 2.17. The van der Waals surface area contributed by atoms with Crippen molar-refractivity contribution in [1.29, 1.82) is 0 Å². The maximum Gasteiger partial charge on any atom is 0.104 e. The van der Waals surface area contributed by atoms with Gasteiger partial charge in [-0.3, -0.25) is 0 Å². The van der Waals surface area contributed by atoms with E-state index in [-0.39, 0.29) is 5.41 Å². The smallest absolute Gasteiger partial charge is 0.104 e. The minimum atomic E-state index is 0.208. The molecule has 0 aromatic heterocycles. The Balaban J connectivity index is 2.11. The first-order valence-corrected chi connectivity index (χ1v) is 5.42. The van der Waals surface area contributed by atoms with Crippen LogP contribution in [0.4, 0.5) is 0 Å². The van der Waals surface area contributed by atoms with Crippen LogP contribution < -0.4 is 5.32 Å². The fourth-order valence-corrected chi connectivity index (χ4v) is 1.19. The maximum atomic E-state index is 5.71. The lowest BCUT2D eigenvalue weighted by atomic mass is 9.94. The minimum absolute atomic E-state index is 0.208. The molecule has 0 spiro atoms. The van der Waals surface area contributed by atoms with Crippen LogP contribution in [-0.2, 0) is 9.47 Å². The summed E-state index contributed by atoms with van der Waals surface area (Å²) in [5.41, 5.74) is 0.208. The molecule has 1 N–H and O–H groups in total. The first-order chi connectivity index (χ1) is 6.49. The van der Waals surface area contributed by atoms with E-state index < -0.39 is 0 Å². The third-order valence-corrected chi connectivity index (χ3v) is 2.31. The highest BCUT2D eigenvalue weighted by Gasteiger charge is 2.24. The molecule has 0 atom stereocenters. The molecule has 1 heterocycles. The van der Waals surface area contributed by atoms with Gasteiger partial charge in [-0.2, -0.15) is 0 Å². The molecule has 1 fully saturated rings. The van der Waals surface area contributed by atoms with Gasteiger partial charge in [-0.25, -0.2) is 0 Å². The zero-order chi connectivity index (χ0) is 10.6. The second kappa shape index (κ2) is 5.10. The van der Waals surface area contributed by atoms with Gasteiger partial charge in [-0.05, 0) is 0 Å². The zero-order valence-corrected chi connectivity index (χ0v) is 9.80. The second-order valence-electron chi connectivity index (χ2n) is 5.17. The summed E-state index contributed by atoms with van der Waals surface area (Å²) in [7, 11) is 0. The molecule has 3 nitrogen and oxygen atoms in total. The molecule has 0 bridgehead atoms. The Labute approximate surface area is 87.2 Å². The van der Waals surface area contributed by atoms with Crippen molar-refractivity contribution in [1.82, 2.24) is 5.32 Å². The van der Waals surface area contributed by atoms with Gasteiger partial charge in [0, 0.05) is 18.0 Å². The summed E-state index contributed by atoms with van der Waals surface area (Å²) in [5, 5.41) is 3.43. The van der Waals surface area contributed by atoms with E-state index in [1.54, 1.807) is 0 Å². The van der Waals surface area contributed by atoms with Gasteiger partial charge in [0.2, 0.25) is 0 Å². The van der Waals surface area contributed by atoms with Crippen molar-refractivity contribution in [3.63, 3.8) is 0 Å². The normalized spacial score (nSPS) is 18.6. The molecule has 0 unspecified atom stereocenters. The van der Waals surface area contributed by atoms with Crippen molar-refractivity contribution >= 4 is 0 Å². The number of hydrogen-bond acceptors (Lipinski definition) is 3. The Morgan fingerprint density at radius 1 is 1.43 bits per heavy atom. The predicted molar refractivity (Wildman–Crippen MR) is 57.5 cm³/mol. The second-order valence-corrected chi connectivity index (χ2v) is 5.17. The quantitative estimate of drug-likeness (QED) is 0.705. The molecule has 1 aliphatic rings. The van der Waals surface area contributed by atoms with Crippen molar-refractivity contribution in [3.8, 4) is 0 Å². The number of nitrogens with one attached hydrogen (secondary N) is 1. The SMILES string of the molecule is CC(C)NCC(C)(C)COC1COC1. The summed E-state index contributed by atoms with van der Waals surface area (Å²) in [4.78, 5) is 0. The Morgan fingerprint density at radius 3 is 2.50 bits per heavy atom. The van der Waals surface area contributed by atoms with E-state index in [4.69, 9.17) is 9.47 Å². The van der Waals surface area contributed by atoms with Crippen LogP contribution in [0.3, 0.4) is 0 Å². The van der Waals surface area contributed by atoms with Crippen LogP contribution in [0.25, 0.3) is 0 Å². The van der Waals surface area contributed by atoms with Gasteiger partial charge in [0.25, 0.3) is 0 Å². The van der Waals surface area contributed by atoms with Crippen LogP contribution in [0, 0.1) is 5.41 Å². The molecular weight excluding hydrogens is 178 g/mol. The third-order valence-electron chi connectivity index (χ3n) is 2.31. The van der Waals surface area contributed by atoms with E-state index in [1.165, 1.54) is 0 Å². The average Bonchev–Trinajstić information content (AvgIpc) is 1.98. The molecule has 84 valence electrons. The number of rotatable bonds is 6. The van der Waals surface area contributed by atoms with E-state index in [1.807, 2.05) is 0 Å². The molecule has 0 amide bonds. The Kier molecular flexibility index (Phi) is 4.35. The van der Waals surface area contributed by atoms with Gasteiger partial charge in [0.1, 0.15) is 6.10 Å². The van der Waals surface area contributed by atoms with Crippen LogP contribution in [-0.4, -0.2) is 38.5 Å². The Morgan fingerprint density at radius 2 is 2.07 bits per heavy atom. The molecule has 0 saturated carbocycles. The van der Waals surface area contributed by atoms with Crippen LogP contribution in [0.2, 0.25) is 0 Å². The van der Waals surface area contributed by atoms with Crippen molar-refractivity contribution < 1.29 is 9.47 Å². The van der Waals surface area contributed by atoms with Crippen LogP contribution >= 0.6 is 0 Å². The van der Waals surface area contributed by atoms with Crippen molar-refractivity contribution in [2.45, 2.75) is 39.8 Å². The monoisotopic (exact) mass is 201 g/mol. The predicted octanol–water partition coefficient (Wildman–Crippen LogP) is 1.43. The summed E-state index contributed by atoms with van der Waals surface area (Å²) in [6, 6.07) is 0.543. The largest absolute Gasteiger partial charge is 0.376 e. The summed E-state index contributed by atoms with van der Waals surface area (Å²) in [6.45, 7) is 12.1. The number of hydrogen-bond donors (Lipinski definition) is 1. The fourth-order valence-electron chi connectivity index (χ4n) is 1.19. The zero-order valence-electron chi connectivity index (χ0n) is 9.80. The standard InChI is InChI=1S/C11H23NO2/c1-9(2)12-7-11(3,4)8-14-10-5-13-6-10/h9-10,12H,5-8H2,1-4H3. The fraction of sp³-hybridized carbons (Fsp3) is 1.00. The molecule has 0 aromatic carbocycles. The van der Waals surface area contributed by atoms with Crippen molar-refractivity contribution in [2.24, 2.45) is 5.41 Å². The number of ether oxygens (including phenoxy) is 2. The van der Waals surface area contributed by atoms with E-state index in [9.17, 15) is 0 Å². The highest BCUT2D eigenvalue weighted by atomic mass is 16.6. The topological polar surface area (TPSA) is 30.5 Å². The van der Waals surface area contributed by atoms with Gasteiger partial charge in [0.15, 0.2) is 0 Å². The molecule has 1 rings (SSSR count). The molecule has 1 aliphatic heterocycles. The summed E-state index contributed by atoms with van der Waals surface area (Å²) < 4.78 is 10.8. The Bertz CT molecular complexity index is 165. The molecule has 14 heavy (non-hydrogen) atoms. The summed E-state index contributed by atoms with van der Waals surface area (Å²) in [6.07, 6.45) is 0.341. The van der Waals surface area contributed by atoms with Crippen LogP contribution in [0.1, 0.15) is 27.7 Å². The molecule has 1 saturated heterocycles. The van der Waals surface area contributed by atoms with Crippen molar-refractivity contribution in [2.75, 3.05) is 26.4 Å². The molecule has 3 heteroatoms. The van der Waals surface area contributed by atoms with Gasteiger partial charge < -0.3 is 14.8 Å². The lowest BCUT2D eigenvalue weighted by Crippen LogP contribution is -2.42. The van der Waals surface area contributed by atoms with E-state index in [0.717, 1.165) is 26.4 Å². The minimum Gasteiger partial charge on any atom is -0.376 e. The van der Waals surface area contributed by atoms with E-state index >= 15 is 0 Å². The highest BCUT2D eigenvalue weighted by molar-refractivity contribution is 4.74. The van der Waals surface area contributed by atoms with Crippen molar-refractivity contribution in [3.05, 3.63) is 0 Å². The lowest BCUT2D eigenvalue weighted by Gasteiger charge is -2.32. The summed E-state index contributed by atoms with van der Waals surface area (Å²) in [5.74, 6) is 0. The lowest BCUT2D eigenvalue weighted by molar-refractivity contribution is -0.143. The molecule has 0 aliphatic carbocycles. The first-order valence-electron chi connectivity index (χ1n) is 5.42. The van der Waals surface area contributed by atoms with Crippen LogP contribution in [0.5, 0.6) is 0 Å². The maximum absolute atomic E-state index is 5.71. The average molecular weight is 201 g/mol. The van der Waals surface area contributed by atoms with Gasteiger partial charge in [-0.1, -0.05) is 27.7 Å². The van der Waals surface area contributed by atoms with E-state index in [0.29, 0.717) is 12.1 Å².